The van der Waals surface area contributed by atoms with E-state index in [4.69, 9.17) is 4.74 Å². The lowest BCUT2D eigenvalue weighted by Crippen LogP contribution is -2.29. The van der Waals surface area contributed by atoms with Crippen molar-refractivity contribution in [3.05, 3.63) is 47.1 Å². The molecule has 1 unspecified atom stereocenters. The molecule has 11 heteroatoms. The number of nitrogens with one attached hydrogen (secondary N) is 1. The molecular weight excluding hydrogens is 462 g/mol. The third-order valence-corrected chi connectivity index (χ3v) is 8.68. The average molecular weight is 488 g/mol. The molecule has 1 aliphatic rings. The van der Waals surface area contributed by atoms with E-state index in [1.54, 1.807) is 12.3 Å². The average Bonchev–Trinajstić information content (AvgIpc) is 3.60. The minimum atomic E-state index is -3.34. The SMILES string of the molecule is CCOc1cncc(-c2sc(C(=O)NC(CC)c3cc(S(=O)(=O)C4CC4)ccn3)nc2C)n1. The van der Waals surface area contributed by atoms with Crippen LogP contribution in [0.2, 0.25) is 0 Å². The second kappa shape index (κ2) is 9.52. The summed E-state index contributed by atoms with van der Waals surface area (Å²) in [6, 6.07) is 2.63. The Kier molecular flexibility index (Phi) is 6.71. The smallest absolute Gasteiger partial charge is 0.280 e. The summed E-state index contributed by atoms with van der Waals surface area (Å²) in [6.45, 7) is 6.05. The van der Waals surface area contributed by atoms with Gasteiger partial charge in [-0.2, -0.15) is 0 Å². The summed E-state index contributed by atoms with van der Waals surface area (Å²) in [5.41, 5.74) is 1.76. The molecule has 3 aromatic heterocycles. The van der Waals surface area contributed by atoms with Crippen LogP contribution < -0.4 is 10.1 Å². The van der Waals surface area contributed by atoms with Gasteiger partial charge in [-0.15, -0.1) is 11.3 Å². The largest absolute Gasteiger partial charge is 0.477 e. The molecule has 0 aromatic carbocycles. The van der Waals surface area contributed by atoms with Gasteiger partial charge < -0.3 is 10.1 Å². The molecule has 4 rings (SSSR count). The zero-order valence-corrected chi connectivity index (χ0v) is 20.2. The molecule has 1 aliphatic carbocycles. The third-order valence-electron chi connectivity index (χ3n) is 5.24. The molecule has 0 spiro atoms. The van der Waals surface area contributed by atoms with Gasteiger partial charge >= 0.3 is 0 Å². The molecule has 1 atom stereocenters. The molecule has 1 N–H and O–H groups in total. The van der Waals surface area contributed by atoms with E-state index in [1.807, 2.05) is 20.8 Å². The van der Waals surface area contributed by atoms with E-state index in [2.05, 4.69) is 25.3 Å². The van der Waals surface area contributed by atoms with E-state index < -0.39 is 15.9 Å². The summed E-state index contributed by atoms with van der Waals surface area (Å²) < 4.78 is 30.6. The lowest BCUT2D eigenvalue weighted by molar-refractivity contribution is 0.0934. The Labute approximate surface area is 196 Å². The molecule has 174 valence electrons. The minimum Gasteiger partial charge on any atom is -0.477 e. The Hall–Kier alpha value is -2.92. The van der Waals surface area contributed by atoms with Crippen LogP contribution in [-0.4, -0.2) is 46.1 Å². The summed E-state index contributed by atoms with van der Waals surface area (Å²) in [7, 11) is -3.34. The summed E-state index contributed by atoms with van der Waals surface area (Å²) in [5, 5.41) is 2.92. The van der Waals surface area contributed by atoms with Crippen molar-refractivity contribution in [3.8, 4) is 16.5 Å². The molecule has 3 aromatic rings. The normalized spacial score (nSPS) is 14.6. The summed E-state index contributed by atoms with van der Waals surface area (Å²) >= 11 is 1.22. The van der Waals surface area contributed by atoms with Gasteiger partial charge in [0.1, 0.15) is 5.69 Å². The highest BCUT2D eigenvalue weighted by atomic mass is 32.2. The molecule has 1 saturated carbocycles. The molecule has 9 nitrogen and oxygen atoms in total. The number of hydrogen-bond donors (Lipinski definition) is 1. The molecule has 33 heavy (non-hydrogen) atoms. The van der Waals surface area contributed by atoms with Crippen molar-refractivity contribution in [1.82, 2.24) is 25.3 Å². The maximum atomic E-state index is 13.0. The predicted octanol–water partition coefficient (Wildman–Crippen LogP) is 3.52. The molecule has 0 bridgehead atoms. The lowest BCUT2D eigenvalue weighted by Gasteiger charge is -2.16. The highest BCUT2D eigenvalue weighted by Crippen LogP contribution is 2.34. The van der Waals surface area contributed by atoms with Crippen molar-refractivity contribution in [1.29, 1.82) is 0 Å². The zero-order chi connectivity index (χ0) is 23.6. The van der Waals surface area contributed by atoms with E-state index >= 15 is 0 Å². The summed E-state index contributed by atoms with van der Waals surface area (Å²) in [6.07, 6.45) is 6.55. The number of amides is 1. The zero-order valence-electron chi connectivity index (χ0n) is 18.6. The van der Waals surface area contributed by atoms with E-state index in [0.717, 1.165) is 4.88 Å². The van der Waals surface area contributed by atoms with Gasteiger partial charge in [-0.1, -0.05) is 6.92 Å². The maximum absolute atomic E-state index is 13.0. The number of rotatable bonds is 9. The highest BCUT2D eigenvalue weighted by molar-refractivity contribution is 7.92. The van der Waals surface area contributed by atoms with Gasteiger partial charge in [0.15, 0.2) is 14.8 Å². The quantitative estimate of drug-likeness (QED) is 0.486. The number of pyridine rings is 1. The number of hydrogen-bond acceptors (Lipinski definition) is 9. The van der Waals surface area contributed by atoms with Crippen LogP contribution in [0.1, 0.15) is 60.3 Å². The van der Waals surface area contributed by atoms with Gasteiger partial charge in [-0.25, -0.2) is 18.4 Å². The molecule has 0 radical (unpaired) electrons. The number of carbonyl (C=O) groups excluding carboxylic acids is 1. The molecule has 0 aliphatic heterocycles. The number of aryl methyl sites for hydroxylation is 1. The fourth-order valence-corrected chi connectivity index (χ4v) is 5.98. The van der Waals surface area contributed by atoms with Gasteiger partial charge in [-0.3, -0.25) is 14.8 Å². The number of nitrogens with zero attached hydrogens (tertiary/aromatic N) is 4. The number of thiazole rings is 1. The first-order valence-electron chi connectivity index (χ1n) is 10.8. The van der Waals surface area contributed by atoms with Crippen molar-refractivity contribution >= 4 is 27.1 Å². The first-order chi connectivity index (χ1) is 15.8. The highest BCUT2D eigenvalue weighted by Gasteiger charge is 2.37. The van der Waals surface area contributed by atoms with Gasteiger partial charge in [0.2, 0.25) is 5.88 Å². The van der Waals surface area contributed by atoms with Crippen LogP contribution in [0, 0.1) is 6.92 Å². The van der Waals surface area contributed by atoms with Crippen LogP contribution in [-0.2, 0) is 9.84 Å². The van der Waals surface area contributed by atoms with Crippen molar-refractivity contribution in [3.63, 3.8) is 0 Å². The van der Waals surface area contributed by atoms with Crippen LogP contribution in [0.5, 0.6) is 5.88 Å². The van der Waals surface area contributed by atoms with Gasteiger partial charge in [0.05, 0.1) is 51.5 Å². The molecule has 1 amide bonds. The van der Waals surface area contributed by atoms with Crippen molar-refractivity contribution in [2.45, 2.75) is 56.2 Å². The summed E-state index contributed by atoms with van der Waals surface area (Å²) in [5.74, 6) is 0.0549. The van der Waals surface area contributed by atoms with Crippen molar-refractivity contribution in [2.75, 3.05) is 6.61 Å². The third kappa shape index (κ3) is 5.03. The van der Waals surface area contributed by atoms with Crippen LogP contribution >= 0.6 is 11.3 Å². The second-order valence-electron chi connectivity index (χ2n) is 7.70. The number of aromatic nitrogens is 4. The van der Waals surface area contributed by atoms with Crippen molar-refractivity contribution < 1.29 is 17.9 Å². The first-order valence-corrected chi connectivity index (χ1v) is 13.1. The van der Waals surface area contributed by atoms with E-state index in [1.165, 1.54) is 29.8 Å². The Morgan fingerprint density at radius 1 is 1.27 bits per heavy atom. The van der Waals surface area contributed by atoms with Crippen molar-refractivity contribution in [2.24, 2.45) is 0 Å². The van der Waals surface area contributed by atoms with Crippen LogP contribution in [0.15, 0.2) is 35.6 Å². The standard InChI is InChI=1S/C22H25N5O4S2/c1-4-16(17-10-15(8-9-24-17)33(29,30)14-6-7-14)27-21(28)22-25-13(3)20(32-22)18-11-23-12-19(26-18)31-5-2/h8-12,14,16H,4-7H2,1-3H3,(H,27,28). The Balaban J connectivity index is 1.54. The van der Waals surface area contributed by atoms with Gasteiger partial charge in [0.25, 0.3) is 5.91 Å². The minimum absolute atomic E-state index is 0.253. The van der Waals surface area contributed by atoms with Crippen LogP contribution in [0.4, 0.5) is 0 Å². The second-order valence-corrected chi connectivity index (χ2v) is 10.9. The topological polar surface area (TPSA) is 124 Å². The number of carbonyl (C=O) groups is 1. The van der Waals surface area contributed by atoms with Gasteiger partial charge in [0, 0.05) is 6.20 Å². The summed E-state index contributed by atoms with van der Waals surface area (Å²) in [4.78, 5) is 31.3. The van der Waals surface area contributed by atoms with Gasteiger partial charge in [-0.05, 0) is 45.2 Å². The molecular formula is C22H25N5O4S2. The monoisotopic (exact) mass is 487 g/mol. The van der Waals surface area contributed by atoms with Crippen LogP contribution in [0.25, 0.3) is 10.6 Å². The first kappa shape index (κ1) is 23.2. The Morgan fingerprint density at radius 3 is 2.76 bits per heavy atom. The number of ether oxygens (including phenoxy) is 1. The van der Waals surface area contributed by atoms with E-state index in [0.29, 0.717) is 48.8 Å². The van der Waals surface area contributed by atoms with E-state index in [-0.39, 0.29) is 21.1 Å². The fraction of sp³-hybridized carbons (Fsp3) is 0.409. The maximum Gasteiger partial charge on any atom is 0.280 e. The van der Waals surface area contributed by atoms with E-state index in [9.17, 15) is 13.2 Å². The molecule has 3 heterocycles. The molecule has 0 saturated heterocycles. The fourth-order valence-electron chi connectivity index (χ4n) is 3.38. The van der Waals surface area contributed by atoms with Crippen LogP contribution in [0.3, 0.4) is 0 Å². The Morgan fingerprint density at radius 2 is 2.06 bits per heavy atom. The lowest BCUT2D eigenvalue weighted by atomic mass is 10.1. The molecule has 1 fully saturated rings. The number of sulfone groups is 1. The Bertz CT molecular complexity index is 1270. The predicted molar refractivity (Wildman–Crippen MR) is 124 cm³/mol.